The zero-order chi connectivity index (χ0) is 25.2. The van der Waals surface area contributed by atoms with Crippen LogP contribution in [0.2, 0.25) is 0 Å². The van der Waals surface area contributed by atoms with E-state index < -0.39 is 23.8 Å². The van der Waals surface area contributed by atoms with E-state index in [9.17, 15) is 19.1 Å². The first-order valence-electron chi connectivity index (χ1n) is 11.4. The topological polar surface area (TPSA) is 141 Å². The molecule has 0 saturated heterocycles. The van der Waals surface area contributed by atoms with Gasteiger partial charge in [0.25, 0.3) is 5.91 Å². The quantitative estimate of drug-likeness (QED) is 0.314. The number of alkyl halides is 1. The number of halogens is 1. The minimum absolute atomic E-state index is 0.0462. The van der Waals surface area contributed by atoms with Crippen molar-refractivity contribution in [1.29, 1.82) is 0 Å². The Balaban J connectivity index is 1.56. The molecule has 1 saturated carbocycles. The molecule has 1 aliphatic carbocycles. The second kappa shape index (κ2) is 9.87. The van der Waals surface area contributed by atoms with Gasteiger partial charge in [0.2, 0.25) is 0 Å². The Morgan fingerprint density at radius 3 is 2.74 bits per heavy atom. The first kappa shape index (κ1) is 24.4. The zero-order valence-electron chi connectivity index (χ0n) is 19.5. The van der Waals surface area contributed by atoms with Crippen LogP contribution in [0.1, 0.15) is 37.0 Å². The molecule has 10 nitrogen and oxygen atoms in total. The van der Waals surface area contributed by atoms with E-state index in [1.54, 1.807) is 16.8 Å². The van der Waals surface area contributed by atoms with Gasteiger partial charge in [0.15, 0.2) is 0 Å². The lowest BCUT2D eigenvalue weighted by Gasteiger charge is -2.36. The van der Waals surface area contributed by atoms with E-state index >= 15 is 0 Å². The van der Waals surface area contributed by atoms with E-state index in [0.717, 1.165) is 24.1 Å². The van der Waals surface area contributed by atoms with Gasteiger partial charge < -0.3 is 26.2 Å². The smallest absolute Gasteiger partial charge is 0.404 e. The van der Waals surface area contributed by atoms with Crippen molar-refractivity contribution in [2.45, 2.75) is 44.5 Å². The molecule has 0 spiro atoms. The summed E-state index contributed by atoms with van der Waals surface area (Å²) in [5.41, 5.74) is 1.45. The zero-order valence-corrected chi connectivity index (χ0v) is 19.5. The summed E-state index contributed by atoms with van der Waals surface area (Å²) in [7, 11) is 0. The van der Waals surface area contributed by atoms with Crippen LogP contribution in [-0.4, -0.2) is 67.7 Å². The number of fused-ring (bicyclic) bond motifs is 1. The molecule has 4 rings (SSSR count). The van der Waals surface area contributed by atoms with Crippen LogP contribution in [0.5, 0.6) is 0 Å². The number of carbonyl (C=O) groups excluding carboxylic acids is 1. The lowest BCUT2D eigenvalue weighted by molar-refractivity contribution is -0.00177. The number of hydrogen-bond acceptors (Lipinski definition) is 6. The van der Waals surface area contributed by atoms with Crippen molar-refractivity contribution in [3.63, 3.8) is 0 Å². The number of rotatable bonds is 9. The van der Waals surface area contributed by atoms with Crippen molar-refractivity contribution in [2.75, 3.05) is 18.4 Å². The molecule has 1 aliphatic rings. The minimum Gasteiger partial charge on any atom is -0.465 e. The van der Waals surface area contributed by atoms with Crippen molar-refractivity contribution in [1.82, 2.24) is 25.2 Å². The third-order valence-electron chi connectivity index (χ3n) is 6.18. The van der Waals surface area contributed by atoms with E-state index in [1.807, 2.05) is 24.3 Å². The number of aliphatic hydroxyl groups is 1. The number of amides is 2. The van der Waals surface area contributed by atoms with Gasteiger partial charge in [-0.05, 0) is 62.9 Å². The van der Waals surface area contributed by atoms with Gasteiger partial charge in [0.05, 0.1) is 40.3 Å². The number of hydrogen-bond donors (Lipinski definition) is 5. The predicted octanol–water partition coefficient (Wildman–Crippen LogP) is 2.69. The van der Waals surface area contributed by atoms with Crippen molar-refractivity contribution in [3.8, 4) is 11.4 Å². The molecule has 0 aromatic carbocycles. The fourth-order valence-electron chi connectivity index (χ4n) is 4.04. The number of anilines is 1. The van der Waals surface area contributed by atoms with Crippen LogP contribution < -0.4 is 16.0 Å². The summed E-state index contributed by atoms with van der Waals surface area (Å²) in [4.78, 5) is 28.1. The highest BCUT2D eigenvalue weighted by molar-refractivity contribution is 6.00. The summed E-state index contributed by atoms with van der Waals surface area (Å²) in [6, 6.07) is 9.38. The second-order valence-electron chi connectivity index (χ2n) is 9.39. The second-order valence-corrected chi connectivity index (χ2v) is 9.39. The van der Waals surface area contributed by atoms with Gasteiger partial charge in [-0.15, -0.1) is 0 Å². The Morgan fingerprint density at radius 1 is 1.26 bits per heavy atom. The summed E-state index contributed by atoms with van der Waals surface area (Å²) >= 11 is 0. The summed E-state index contributed by atoms with van der Waals surface area (Å²) in [6.07, 6.45) is 1.90. The summed E-state index contributed by atoms with van der Waals surface area (Å²) in [6.45, 7) is 2.72. The van der Waals surface area contributed by atoms with Gasteiger partial charge in [0, 0.05) is 25.0 Å². The Morgan fingerprint density at radius 2 is 2.03 bits per heavy atom. The van der Waals surface area contributed by atoms with Crippen molar-refractivity contribution < 1.29 is 24.2 Å². The molecule has 186 valence electrons. The SMILES string of the molecule is CC(C)(O)C(F)CNC(=O)c1cnc(-c2ccc3cccnn23)cc1NC1CC(CNC(=O)O)C1. The number of carboxylic acid groups (broad SMARTS) is 1. The first-order valence-corrected chi connectivity index (χ1v) is 11.4. The first-order chi connectivity index (χ1) is 16.6. The molecule has 2 amide bonds. The van der Waals surface area contributed by atoms with Gasteiger partial charge in [0.1, 0.15) is 6.17 Å². The lowest BCUT2D eigenvalue weighted by Crippen LogP contribution is -2.43. The van der Waals surface area contributed by atoms with Crippen LogP contribution in [0, 0.1) is 5.92 Å². The predicted molar refractivity (Wildman–Crippen MR) is 128 cm³/mol. The lowest BCUT2D eigenvalue weighted by atomic mass is 9.80. The molecule has 35 heavy (non-hydrogen) atoms. The highest BCUT2D eigenvalue weighted by Gasteiger charge is 2.31. The van der Waals surface area contributed by atoms with Gasteiger partial charge in [-0.3, -0.25) is 9.78 Å². The van der Waals surface area contributed by atoms with Gasteiger partial charge >= 0.3 is 6.09 Å². The standard InChI is InChI=1S/C24H29FN6O4/c1-24(2,35)21(25)13-27-22(32)17-12-26-19(20-6-5-16-4-3-7-29-31(16)20)10-18(17)30-15-8-14(9-15)11-28-23(33)34/h3-7,10,12,14-15,21,28,35H,8-9,11,13H2,1-2H3,(H,26,30)(H,27,32)(H,33,34). The molecule has 5 N–H and O–H groups in total. The average Bonchev–Trinajstić information content (AvgIpc) is 3.22. The number of pyridine rings is 1. The number of nitrogens with one attached hydrogen (secondary N) is 3. The largest absolute Gasteiger partial charge is 0.465 e. The fraction of sp³-hybridized carbons (Fsp3) is 0.417. The normalized spacial score (nSPS) is 18.5. The summed E-state index contributed by atoms with van der Waals surface area (Å²) in [5.74, 6) is -0.306. The number of nitrogens with zero attached hydrogens (tertiary/aromatic N) is 3. The van der Waals surface area contributed by atoms with E-state index in [-0.39, 0.29) is 24.1 Å². The van der Waals surface area contributed by atoms with E-state index in [2.05, 4.69) is 26.0 Å². The average molecular weight is 485 g/mol. The van der Waals surface area contributed by atoms with Crippen LogP contribution in [0.25, 0.3) is 16.9 Å². The molecule has 1 unspecified atom stereocenters. The molecule has 0 radical (unpaired) electrons. The highest BCUT2D eigenvalue weighted by Crippen LogP contribution is 2.32. The monoisotopic (exact) mass is 484 g/mol. The molecule has 1 atom stereocenters. The Hall–Kier alpha value is -3.73. The van der Waals surface area contributed by atoms with Gasteiger partial charge in [-0.2, -0.15) is 5.10 Å². The molecular weight excluding hydrogens is 455 g/mol. The van der Waals surface area contributed by atoms with Crippen LogP contribution in [0.15, 0.2) is 42.7 Å². The van der Waals surface area contributed by atoms with E-state index in [4.69, 9.17) is 5.11 Å². The molecule has 11 heteroatoms. The Bertz CT molecular complexity index is 1220. The van der Waals surface area contributed by atoms with Gasteiger partial charge in [-0.1, -0.05) is 0 Å². The Labute approximate surface area is 201 Å². The van der Waals surface area contributed by atoms with Gasteiger partial charge in [-0.25, -0.2) is 13.7 Å². The summed E-state index contributed by atoms with van der Waals surface area (Å²) < 4.78 is 15.9. The van der Waals surface area contributed by atoms with Crippen LogP contribution >= 0.6 is 0 Å². The molecular formula is C24H29FN6O4. The molecule has 0 bridgehead atoms. The van der Waals surface area contributed by atoms with Crippen molar-refractivity contribution >= 4 is 23.2 Å². The third kappa shape index (κ3) is 5.68. The molecule has 3 heterocycles. The minimum atomic E-state index is -1.64. The van der Waals surface area contributed by atoms with E-state index in [1.165, 1.54) is 20.0 Å². The van der Waals surface area contributed by atoms with Crippen molar-refractivity contribution in [2.24, 2.45) is 5.92 Å². The van der Waals surface area contributed by atoms with Crippen LogP contribution in [0.4, 0.5) is 14.9 Å². The molecule has 1 fully saturated rings. The number of carbonyl (C=O) groups is 2. The maximum atomic E-state index is 14.2. The summed E-state index contributed by atoms with van der Waals surface area (Å²) in [5, 5.41) is 31.3. The molecule has 3 aromatic heterocycles. The number of aromatic nitrogens is 3. The maximum absolute atomic E-state index is 14.2. The van der Waals surface area contributed by atoms with Crippen LogP contribution in [-0.2, 0) is 0 Å². The molecule has 0 aliphatic heterocycles. The third-order valence-corrected chi connectivity index (χ3v) is 6.18. The highest BCUT2D eigenvalue weighted by atomic mass is 19.1. The molecule has 3 aromatic rings. The maximum Gasteiger partial charge on any atom is 0.404 e. The van der Waals surface area contributed by atoms with Crippen molar-refractivity contribution in [3.05, 3.63) is 48.3 Å². The van der Waals surface area contributed by atoms with Crippen LogP contribution in [0.3, 0.4) is 0 Å². The van der Waals surface area contributed by atoms with E-state index in [0.29, 0.717) is 17.9 Å². The Kier molecular flexibility index (Phi) is 6.88. The fourth-order valence-corrected chi connectivity index (χ4v) is 4.04.